The molecule has 0 aliphatic carbocycles. The van der Waals surface area contributed by atoms with Crippen LogP contribution in [0.2, 0.25) is 0 Å². The number of Topliss-reactive ketones (excluding diaryl/α,β-unsaturated/α-hetero) is 1. The van der Waals surface area contributed by atoms with E-state index in [1.54, 1.807) is 30.7 Å². The molecule has 0 amide bonds. The molecule has 1 unspecified atom stereocenters. The van der Waals surface area contributed by atoms with Gasteiger partial charge in [0.05, 0.1) is 17.5 Å². The van der Waals surface area contributed by atoms with Crippen LogP contribution in [0.1, 0.15) is 48.5 Å². The first-order chi connectivity index (χ1) is 10.9. The molecule has 1 atom stereocenters. The van der Waals surface area contributed by atoms with Crippen molar-refractivity contribution in [3.8, 4) is 0 Å². The molecule has 0 saturated carbocycles. The Morgan fingerprint density at radius 3 is 2.61 bits per heavy atom. The van der Waals surface area contributed by atoms with E-state index in [-0.39, 0.29) is 5.78 Å². The first-order valence-corrected chi connectivity index (χ1v) is 7.35. The summed E-state index contributed by atoms with van der Waals surface area (Å²) in [6.07, 6.45) is 5.43. The van der Waals surface area contributed by atoms with E-state index in [9.17, 15) is 9.90 Å². The summed E-state index contributed by atoms with van der Waals surface area (Å²) in [5.41, 5.74) is 2.05. The molecule has 6 nitrogen and oxygen atoms in total. The fourth-order valence-corrected chi connectivity index (χ4v) is 2.33. The fraction of sp³-hybridized carbons (Fsp3) is 0.294. The number of hydrogen-bond donors (Lipinski definition) is 2. The Morgan fingerprint density at radius 2 is 1.96 bits per heavy atom. The zero-order valence-electron chi connectivity index (χ0n) is 13.2. The Bertz CT molecular complexity index is 850. The van der Waals surface area contributed by atoms with E-state index in [1.165, 1.54) is 6.20 Å². The lowest BCUT2D eigenvalue weighted by molar-refractivity contribution is 0.0860. The van der Waals surface area contributed by atoms with Crippen molar-refractivity contribution in [2.24, 2.45) is 5.41 Å². The van der Waals surface area contributed by atoms with Crippen molar-refractivity contribution in [1.82, 2.24) is 19.9 Å². The number of carbonyl (C=O) groups is 1. The number of rotatable bonds is 3. The average Bonchev–Trinajstić information content (AvgIpc) is 2.96. The maximum atomic E-state index is 12.5. The monoisotopic (exact) mass is 310 g/mol. The van der Waals surface area contributed by atoms with Crippen LogP contribution in [0.4, 0.5) is 0 Å². The molecular weight excluding hydrogens is 292 g/mol. The molecule has 0 spiro atoms. The average molecular weight is 310 g/mol. The van der Waals surface area contributed by atoms with Gasteiger partial charge in [-0.15, -0.1) is 0 Å². The Morgan fingerprint density at radius 1 is 1.26 bits per heavy atom. The maximum absolute atomic E-state index is 12.5. The lowest BCUT2D eigenvalue weighted by Crippen LogP contribution is -2.20. The molecule has 0 fully saturated rings. The summed E-state index contributed by atoms with van der Waals surface area (Å²) in [4.78, 5) is 28.2. The van der Waals surface area contributed by atoms with E-state index in [4.69, 9.17) is 0 Å². The third-order valence-electron chi connectivity index (χ3n) is 3.63. The summed E-state index contributed by atoms with van der Waals surface area (Å²) >= 11 is 0. The van der Waals surface area contributed by atoms with Gasteiger partial charge in [0.1, 0.15) is 11.6 Å². The molecule has 0 bridgehead atoms. The first kappa shape index (κ1) is 15.3. The Hall–Kier alpha value is -2.60. The van der Waals surface area contributed by atoms with E-state index in [2.05, 4.69) is 19.9 Å². The summed E-state index contributed by atoms with van der Waals surface area (Å²) in [7, 11) is 0. The smallest absolute Gasteiger partial charge is 0.171 e. The standard InChI is InChI=1S/C17H18N4O2/c1-17(2,3)15(23)11-8-19-16-13(11)21-12(9-20-16)14(22)10-4-6-18-7-5-10/h4-9,14,22H,1-3H3,(H,19,20). The number of carbonyl (C=O) groups excluding carboxylic acids is 1. The van der Waals surface area contributed by atoms with Gasteiger partial charge >= 0.3 is 0 Å². The minimum Gasteiger partial charge on any atom is -0.382 e. The Balaban J connectivity index is 2.06. The summed E-state index contributed by atoms with van der Waals surface area (Å²) in [6, 6.07) is 3.43. The van der Waals surface area contributed by atoms with Crippen LogP contribution < -0.4 is 0 Å². The molecule has 118 valence electrons. The molecule has 6 heteroatoms. The van der Waals surface area contributed by atoms with E-state index < -0.39 is 11.5 Å². The molecule has 2 N–H and O–H groups in total. The highest BCUT2D eigenvalue weighted by molar-refractivity contribution is 6.08. The Kier molecular flexibility index (Phi) is 3.69. The maximum Gasteiger partial charge on any atom is 0.171 e. The minimum absolute atomic E-state index is 0.0198. The molecule has 0 radical (unpaired) electrons. The topological polar surface area (TPSA) is 91.8 Å². The van der Waals surface area contributed by atoms with Crippen molar-refractivity contribution in [2.75, 3.05) is 0 Å². The van der Waals surface area contributed by atoms with Gasteiger partial charge in [-0.1, -0.05) is 20.8 Å². The molecule has 0 aliphatic rings. The summed E-state index contributed by atoms with van der Waals surface area (Å²) < 4.78 is 0. The number of hydrogen-bond acceptors (Lipinski definition) is 5. The van der Waals surface area contributed by atoms with Crippen LogP contribution in [0.25, 0.3) is 11.2 Å². The number of H-pyrrole nitrogens is 1. The molecule has 0 saturated heterocycles. The van der Waals surface area contributed by atoms with Gasteiger partial charge in [0.15, 0.2) is 11.4 Å². The molecular formula is C17H18N4O2. The highest BCUT2D eigenvalue weighted by atomic mass is 16.3. The largest absolute Gasteiger partial charge is 0.382 e. The van der Waals surface area contributed by atoms with E-state index >= 15 is 0 Å². The molecule has 3 aromatic rings. The number of ketones is 1. The van der Waals surface area contributed by atoms with Crippen molar-refractivity contribution in [3.63, 3.8) is 0 Å². The van der Waals surface area contributed by atoms with E-state index in [0.717, 1.165) is 0 Å². The lowest BCUT2D eigenvalue weighted by atomic mass is 9.87. The predicted molar refractivity (Wildman–Crippen MR) is 86.0 cm³/mol. The molecule has 23 heavy (non-hydrogen) atoms. The quantitative estimate of drug-likeness (QED) is 0.726. The Labute approximate surface area is 133 Å². The predicted octanol–water partition coefficient (Wildman–Crippen LogP) is 2.66. The van der Waals surface area contributed by atoms with Gasteiger partial charge in [0, 0.05) is 24.0 Å². The lowest BCUT2D eigenvalue weighted by Gasteiger charge is -2.15. The third kappa shape index (κ3) is 2.85. The van der Waals surface area contributed by atoms with Gasteiger partial charge in [-0.25, -0.2) is 9.97 Å². The van der Waals surface area contributed by atoms with Crippen molar-refractivity contribution >= 4 is 16.9 Å². The second kappa shape index (κ2) is 5.55. The van der Waals surface area contributed by atoms with Crippen LogP contribution in [0.3, 0.4) is 0 Å². The number of nitrogens with zero attached hydrogens (tertiary/aromatic N) is 3. The van der Waals surface area contributed by atoms with Gasteiger partial charge in [-0.2, -0.15) is 0 Å². The highest BCUT2D eigenvalue weighted by Crippen LogP contribution is 2.27. The van der Waals surface area contributed by atoms with Crippen molar-refractivity contribution in [3.05, 3.63) is 53.7 Å². The number of aliphatic hydroxyl groups is 1. The van der Waals surface area contributed by atoms with Gasteiger partial charge < -0.3 is 10.1 Å². The van der Waals surface area contributed by atoms with Crippen LogP contribution in [-0.4, -0.2) is 30.8 Å². The molecule has 3 aromatic heterocycles. The van der Waals surface area contributed by atoms with Crippen molar-refractivity contribution < 1.29 is 9.90 Å². The zero-order valence-corrected chi connectivity index (χ0v) is 13.2. The summed E-state index contributed by atoms with van der Waals surface area (Å²) in [5, 5.41) is 10.5. The van der Waals surface area contributed by atoms with Crippen LogP contribution in [0.5, 0.6) is 0 Å². The van der Waals surface area contributed by atoms with Crippen LogP contribution >= 0.6 is 0 Å². The molecule has 3 rings (SSSR count). The fourth-order valence-electron chi connectivity index (χ4n) is 2.33. The molecule has 3 heterocycles. The first-order valence-electron chi connectivity index (χ1n) is 7.35. The SMILES string of the molecule is CC(C)(C)C(=O)c1c[nH]c2ncc(C(O)c3ccncc3)nc12. The van der Waals surface area contributed by atoms with Gasteiger partial charge in [-0.3, -0.25) is 9.78 Å². The zero-order chi connectivity index (χ0) is 16.6. The molecule has 0 aliphatic heterocycles. The molecule has 0 aromatic carbocycles. The van der Waals surface area contributed by atoms with E-state index in [0.29, 0.717) is 28.0 Å². The number of aromatic amines is 1. The summed E-state index contributed by atoms with van der Waals surface area (Å²) in [5.74, 6) is -0.0198. The second-order valence-electron chi connectivity index (χ2n) is 6.46. The second-order valence-corrected chi connectivity index (χ2v) is 6.46. The third-order valence-corrected chi connectivity index (χ3v) is 3.63. The van der Waals surface area contributed by atoms with Crippen molar-refractivity contribution in [2.45, 2.75) is 26.9 Å². The van der Waals surface area contributed by atoms with Crippen LogP contribution in [0, 0.1) is 5.41 Å². The van der Waals surface area contributed by atoms with Gasteiger partial charge in [-0.05, 0) is 17.7 Å². The highest BCUT2D eigenvalue weighted by Gasteiger charge is 2.27. The van der Waals surface area contributed by atoms with E-state index in [1.807, 2.05) is 20.8 Å². The summed E-state index contributed by atoms with van der Waals surface area (Å²) in [6.45, 7) is 5.58. The normalized spacial score (nSPS) is 13.2. The number of aromatic nitrogens is 4. The number of nitrogens with one attached hydrogen (secondary N) is 1. The minimum atomic E-state index is -0.914. The van der Waals surface area contributed by atoms with Crippen LogP contribution in [0.15, 0.2) is 36.9 Å². The van der Waals surface area contributed by atoms with Crippen molar-refractivity contribution in [1.29, 1.82) is 0 Å². The van der Waals surface area contributed by atoms with Gasteiger partial charge in [0.2, 0.25) is 0 Å². The number of fused-ring (bicyclic) bond motifs is 1. The number of pyridine rings is 1. The van der Waals surface area contributed by atoms with Gasteiger partial charge in [0.25, 0.3) is 0 Å². The number of aliphatic hydroxyl groups excluding tert-OH is 1. The van der Waals surface area contributed by atoms with Crippen LogP contribution in [-0.2, 0) is 0 Å².